The summed E-state index contributed by atoms with van der Waals surface area (Å²) in [5.41, 5.74) is -0.850. The van der Waals surface area contributed by atoms with E-state index in [0.29, 0.717) is 56.7 Å². The number of thiazole rings is 1. The number of aromatic nitrogens is 1. The van der Waals surface area contributed by atoms with Gasteiger partial charge >= 0.3 is 12.3 Å². The number of guanidine groups is 1. The number of hydrogen-bond acceptors (Lipinski definition) is 5. The Morgan fingerprint density at radius 1 is 1.35 bits per heavy atom. The third-order valence-corrected chi connectivity index (χ3v) is 4.69. The fourth-order valence-electron chi connectivity index (χ4n) is 2.49. The van der Waals surface area contributed by atoms with Crippen LogP contribution in [-0.2, 0) is 17.3 Å². The number of hydrogen-bond donors (Lipinski definition) is 1. The van der Waals surface area contributed by atoms with Gasteiger partial charge in [0.1, 0.15) is 0 Å². The van der Waals surface area contributed by atoms with Gasteiger partial charge in [0.05, 0.1) is 11.6 Å². The van der Waals surface area contributed by atoms with Crippen LogP contribution in [0.1, 0.15) is 17.6 Å². The first-order chi connectivity index (χ1) is 12.3. The average molecular weight is 393 g/mol. The highest BCUT2D eigenvalue weighted by Gasteiger charge is 2.33. The minimum Gasteiger partial charge on any atom is -0.450 e. The maximum atomic E-state index is 12.6. The van der Waals surface area contributed by atoms with Gasteiger partial charge in [-0.05, 0) is 6.92 Å². The van der Waals surface area contributed by atoms with E-state index in [1.54, 1.807) is 18.9 Å². The number of ether oxygens (including phenoxy) is 1. The Labute approximate surface area is 153 Å². The first-order valence-corrected chi connectivity index (χ1v) is 9.12. The zero-order valence-electron chi connectivity index (χ0n) is 14.7. The Morgan fingerprint density at radius 3 is 2.54 bits per heavy atom. The predicted octanol–water partition coefficient (Wildman–Crippen LogP) is 2.05. The maximum Gasteiger partial charge on any atom is 0.434 e. The lowest BCUT2D eigenvalue weighted by molar-refractivity contribution is -0.140. The Hall–Kier alpha value is -2.04. The second kappa shape index (κ2) is 9.06. The highest BCUT2D eigenvalue weighted by Crippen LogP contribution is 2.29. The van der Waals surface area contributed by atoms with E-state index in [2.05, 4.69) is 15.3 Å². The Kier molecular flexibility index (Phi) is 7.06. The molecule has 1 aliphatic rings. The summed E-state index contributed by atoms with van der Waals surface area (Å²) in [7, 11) is 1.64. The van der Waals surface area contributed by atoms with Crippen LogP contribution in [0.25, 0.3) is 0 Å². The fourth-order valence-corrected chi connectivity index (χ4v) is 3.29. The third kappa shape index (κ3) is 5.48. The number of carbonyl (C=O) groups excluding carboxylic acids is 1. The fraction of sp³-hybridized carbons (Fsp3) is 0.667. The van der Waals surface area contributed by atoms with Crippen molar-refractivity contribution < 1.29 is 22.7 Å². The second-order valence-electron chi connectivity index (χ2n) is 5.52. The van der Waals surface area contributed by atoms with Crippen molar-refractivity contribution >= 4 is 23.4 Å². The van der Waals surface area contributed by atoms with E-state index in [4.69, 9.17) is 4.74 Å². The van der Waals surface area contributed by atoms with Crippen molar-refractivity contribution in [1.29, 1.82) is 0 Å². The molecule has 0 spiro atoms. The van der Waals surface area contributed by atoms with Gasteiger partial charge in [-0.3, -0.25) is 4.99 Å². The molecule has 0 aliphatic carbocycles. The van der Waals surface area contributed by atoms with Crippen molar-refractivity contribution in [1.82, 2.24) is 20.1 Å². The minimum absolute atomic E-state index is 0.320. The number of aliphatic imine (C=N–C) groups is 1. The van der Waals surface area contributed by atoms with E-state index in [9.17, 15) is 18.0 Å². The molecule has 0 bridgehead atoms. The molecule has 7 nitrogen and oxygen atoms in total. The van der Waals surface area contributed by atoms with Crippen molar-refractivity contribution in [3.63, 3.8) is 0 Å². The summed E-state index contributed by atoms with van der Waals surface area (Å²) < 4.78 is 42.6. The molecule has 146 valence electrons. The molecule has 1 saturated heterocycles. The molecule has 0 radical (unpaired) electrons. The molecule has 0 unspecified atom stereocenters. The molecule has 0 aromatic carbocycles. The topological polar surface area (TPSA) is 70.1 Å². The van der Waals surface area contributed by atoms with Crippen LogP contribution in [0.3, 0.4) is 0 Å². The molecular weight excluding hydrogens is 371 g/mol. The number of halogens is 3. The molecule has 1 amide bonds. The van der Waals surface area contributed by atoms with Gasteiger partial charge in [0.15, 0.2) is 11.7 Å². The highest BCUT2D eigenvalue weighted by molar-refractivity contribution is 7.09. The van der Waals surface area contributed by atoms with Gasteiger partial charge in [-0.25, -0.2) is 9.78 Å². The van der Waals surface area contributed by atoms with E-state index in [-0.39, 0.29) is 6.09 Å². The molecule has 26 heavy (non-hydrogen) atoms. The largest absolute Gasteiger partial charge is 0.450 e. The zero-order chi connectivity index (χ0) is 19.2. The standard InChI is InChI=1S/C15H22F3N5O2S/c1-3-25-14(24)23-8-6-22(7-9-23)13(19-2)20-5-4-12-21-11(10-26-12)15(16,17)18/h10H,3-9H2,1-2H3,(H,19,20). The Balaban J connectivity index is 1.78. The normalized spacial score (nSPS) is 16.0. The molecule has 1 aromatic rings. The lowest BCUT2D eigenvalue weighted by atomic mass is 10.3. The van der Waals surface area contributed by atoms with Gasteiger partial charge in [0.2, 0.25) is 0 Å². The van der Waals surface area contributed by atoms with Crippen molar-refractivity contribution in [2.75, 3.05) is 46.4 Å². The number of nitrogens with zero attached hydrogens (tertiary/aromatic N) is 4. The molecule has 1 aromatic heterocycles. The van der Waals surface area contributed by atoms with Crippen LogP contribution in [-0.4, -0.2) is 73.2 Å². The van der Waals surface area contributed by atoms with Gasteiger partial charge in [0, 0.05) is 51.6 Å². The van der Waals surface area contributed by atoms with E-state index < -0.39 is 11.9 Å². The van der Waals surface area contributed by atoms with Crippen LogP contribution in [0.5, 0.6) is 0 Å². The van der Waals surface area contributed by atoms with Crippen molar-refractivity contribution in [2.45, 2.75) is 19.5 Å². The first kappa shape index (κ1) is 20.3. The zero-order valence-corrected chi connectivity index (χ0v) is 15.5. The first-order valence-electron chi connectivity index (χ1n) is 8.24. The lowest BCUT2D eigenvalue weighted by Crippen LogP contribution is -2.54. The summed E-state index contributed by atoms with van der Waals surface area (Å²) in [6, 6.07) is 0. The van der Waals surface area contributed by atoms with E-state index in [1.807, 2.05) is 4.90 Å². The van der Waals surface area contributed by atoms with Gasteiger partial charge < -0.3 is 19.9 Å². The van der Waals surface area contributed by atoms with E-state index in [1.165, 1.54) is 0 Å². The summed E-state index contributed by atoms with van der Waals surface area (Å²) in [5.74, 6) is 0.654. The Morgan fingerprint density at radius 2 is 2.00 bits per heavy atom. The minimum atomic E-state index is -4.41. The van der Waals surface area contributed by atoms with Crippen LogP contribution in [0.2, 0.25) is 0 Å². The monoisotopic (exact) mass is 393 g/mol. The number of rotatable bonds is 4. The summed E-state index contributed by atoms with van der Waals surface area (Å²) >= 11 is 0.997. The number of piperazine rings is 1. The predicted molar refractivity (Wildman–Crippen MR) is 92.3 cm³/mol. The number of carbonyl (C=O) groups is 1. The summed E-state index contributed by atoms with van der Waals surface area (Å²) in [5, 5.41) is 4.58. The highest BCUT2D eigenvalue weighted by atomic mass is 32.1. The summed E-state index contributed by atoms with van der Waals surface area (Å²) in [4.78, 5) is 23.1. The quantitative estimate of drug-likeness (QED) is 0.626. The molecule has 2 heterocycles. The molecular formula is C15H22F3N5O2S. The second-order valence-corrected chi connectivity index (χ2v) is 6.46. The van der Waals surface area contributed by atoms with Gasteiger partial charge in [-0.15, -0.1) is 11.3 Å². The maximum absolute atomic E-state index is 12.6. The number of nitrogens with one attached hydrogen (secondary N) is 1. The van der Waals surface area contributed by atoms with Crippen LogP contribution < -0.4 is 5.32 Å². The van der Waals surface area contributed by atoms with Crippen molar-refractivity contribution in [3.05, 3.63) is 16.1 Å². The summed E-state index contributed by atoms with van der Waals surface area (Å²) in [6.45, 7) is 4.80. The van der Waals surface area contributed by atoms with Crippen LogP contribution >= 0.6 is 11.3 Å². The van der Waals surface area contributed by atoms with Crippen molar-refractivity contribution in [3.8, 4) is 0 Å². The molecule has 0 saturated carbocycles. The molecule has 1 aliphatic heterocycles. The van der Waals surface area contributed by atoms with Crippen LogP contribution in [0.15, 0.2) is 10.4 Å². The lowest BCUT2D eigenvalue weighted by Gasteiger charge is -2.35. The van der Waals surface area contributed by atoms with Gasteiger partial charge in [-0.2, -0.15) is 13.2 Å². The van der Waals surface area contributed by atoms with Gasteiger partial charge in [-0.1, -0.05) is 0 Å². The number of amides is 1. The van der Waals surface area contributed by atoms with Gasteiger partial charge in [0.25, 0.3) is 0 Å². The number of alkyl halides is 3. The van der Waals surface area contributed by atoms with E-state index >= 15 is 0 Å². The van der Waals surface area contributed by atoms with E-state index in [0.717, 1.165) is 16.7 Å². The Bertz CT molecular complexity index is 627. The molecule has 1 fully saturated rings. The average Bonchev–Trinajstić information content (AvgIpc) is 3.08. The molecule has 11 heteroatoms. The molecule has 0 atom stereocenters. The smallest absolute Gasteiger partial charge is 0.434 e. The van der Waals surface area contributed by atoms with Crippen LogP contribution in [0.4, 0.5) is 18.0 Å². The summed E-state index contributed by atoms with van der Waals surface area (Å²) in [6.07, 6.45) is -4.35. The third-order valence-electron chi connectivity index (χ3n) is 3.78. The molecule has 1 N–H and O–H groups in total. The molecule has 2 rings (SSSR count). The SMILES string of the molecule is CCOC(=O)N1CCN(C(=NC)NCCc2nc(C(F)(F)F)cs2)CC1. The van der Waals surface area contributed by atoms with Crippen LogP contribution in [0, 0.1) is 0 Å². The van der Waals surface area contributed by atoms with Crippen molar-refractivity contribution in [2.24, 2.45) is 4.99 Å².